The monoisotopic (exact) mass is 383 g/mol. The Morgan fingerprint density at radius 2 is 1.93 bits per heavy atom. The van der Waals surface area contributed by atoms with Crippen molar-refractivity contribution in [3.8, 4) is 11.5 Å². The van der Waals surface area contributed by atoms with Crippen LogP contribution in [0.3, 0.4) is 0 Å². The van der Waals surface area contributed by atoms with Crippen LogP contribution >= 0.6 is 11.6 Å². The molecule has 2 aromatic carbocycles. The van der Waals surface area contributed by atoms with E-state index in [1.54, 1.807) is 55.8 Å². The van der Waals surface area contributed by atoms with E-state index in [4.69, 9.17) is 21.1 Å². The molecule has 0 atom stereocenters. The van der Waals surface area contributed by atoms with Crippen LogP contribution in [0.15, 0.2) is 66.9 Å². The van der Waals surface area contributed by atoms with Crippen molar-refractivity contribution in [3.63, 3.8) is 0 Å². The number of anilines is 3. The highest BCUT2D eigenvalue weighted by molar-refractivity contribution is 6.31. The van der Waals surface area contributed by atoms with Crippen LogP contribution < -0.4 is 20.1 Å². The summed E-state index contributed by atoms with van der Waals surface area (Å²) in [6, 6.07) is 17.9. The molecule has 0 fully saturated rings. The smallest absolute Gasteiger partial charge is 0.262 e. The van der Waals surface area contributed by atoms with Crippen molar-refractivity contribution in [2.75, 3.05) is 24.4 Å². The number of hydrogen-bond acceptors (Lipinski definition) is 5. The van der Waals surface area contributed by atoms with Crippen molar-refractivity contribution in [3.05, 3.63) is 71.9 Å². The molecule has 7 heteroatoms. The second kappa shape index (κ2) is 8.91. The number of pyridine rings is 1. The van der Waals surface area contributed by atoms with Crippen LogP contribution in [-0.4, -0.2) is 24.6 Å². The van der Waals surface area contributed by atoms with Crippen molar-refractivity contribution in [1.29, 1.82) is 0 Å². The number of amides is 1. The Hall–Kier alpha value is -3.25. The number of benzene rings is 2. The molecular formula is C20H18ClN3O3. The summed E-state index contributed by atoms with van der Waals surface area (Å²) < 4.78 is 10.7. The van der Waals surface area contributed by atoms with E-state index < -0.39 is 0 Å². The summed E-state index contributed by atoms with van der Waals surface area (Å²) in [5, 5.41) is 6.45. The first-order valence-electron chi connectivity index (χ1n) is 8.18. The van der Waals surface area contributed by atoms with E-state index >= 15 is 0 Å². The summed E-state index contributed by atoms with van der Waals surface area (Å²) in [5.74, 6) is 1.62. The molecule has 3 rings (SSSR count). The second-order valence-electron chi connectivity index (χ2n) is 5.55. The van der Waals surface area contributed by atoms with E-state index in [1.807, 2.05) is 18.2 Å². The summed E-state index contributed by atoms with van der Waals surface area (Å²) >= 11 is 6.02. The summed E-state index contributed by atoms with van der Waals surface area (Å²) in [6.45, 7) is -0.0796. The maximum absolute atomic E-state index is 12.0. The van der Waals surface area contributed by atoms with E-state index in [0.29, 0.717) is 33.7 Å². The zero-order valence-electron chi connectivity index (χ0n) is 14.6. The van der Waals surface area contributed by atoms with Gasteiger partial charge < -0.3 is 20.1 Å². The van der Waals surface area contributed by atoms with E-state index in [0.717, 1.165) is 0 Å². The number of para-hydroxylation sites is 1. The molecule has 138 valence electrons. The van der Waals surface area contributed by atoms with Gasteiger partial charge in [-0.15, -0.1) is 0 Å². The molecule has 0 aliphatic carbocycles. The molecule has 0 aliphatic heterocycles. The predicted octanol–water partition coefficient (Wildman–Crippen LogP) is 4.50. The summed E-state index contributed by atoms with van der Waals surface area (Å²) in [7, 11) is 1.58. The quantitative estimate of drug-likeness (QED) is 0.628. The average molecular weight is 384 g/mol. The van der Waals surface area contributed by atoms with Crippen molar-refractivity contribution in [1.82, 2.24) is 4.98 Å². The van der Waals surface area contributed by atoms with E-state index in [-0.39, 0.29) is 12.5 Å². The van der Waals surface area contributed by atoms with Crippen LogP contribution in [0.2, 0.25) is 5.02 Å². The normalized spacial score (nSPS) is 10.1. The first-order valence-corrected chi connectivity index (χ1v) is 8.56. The van der Waals surface area contributed by atoms with Crippen molar-refractivity contribution < 1.29 is 14.3 Å². The number of carbonyl (C=O) groups is 1. The van der Waals surface area contributed by atoms with E-state index in [9.17, 15) is 4.79 Å². The van der Waals surface area contributed by atoms with Crippen LogP contribution in [0, 0.1) is 0 Å². The standard InChI is InChI=1S/C20H18ClN3O3/c1-26-18-9-7-14(21)11-17(18)24-19-10-8-15(12-22-19)23-20(25)13-27-16-5-3-2-4-6-16/h2-12H,13H2,1H3,(H,22,24)(H,23,25). The number of nitrogens with zero attached hydrogens (tertiary/aromatic N) is 1. The van der Waals surface area contributed by atoms with Crippen molar-refractivity contribution in [2.24, 2.45) is 0 Å². The van der Waals surface area contributed by atoms with Crippen LogP contribution in [0.4, 0.5) is 17.2 Å². The Kier molecular flexibility index (Phi) is 6.12. The molecule has 1 aromatic heterocycles. The maximum atomic E-state index is 12.0. The lowest BCUT2D eigenvalue weighted by Crippen LogP contribution is -2.20. The number of halogens is 1. The Bertz CT molecular complexity index is 902. The highest BCUT2D eigenvalue weighted by Gasteiger charge is 2.07. The average Bonchev–Trinajstić information content (AvgIpc) is 2.69. The largest absolute Gasteiger partial charge is 0.495 e. The molecule has 0 saturated carbocycles. The van der Waals surface area contributed by atoms with E-state index in [2.05, 4.69) is 15.6 Å². The third kappa shape index (κ3) is 5.36. The number of nitrogens with one attached hydrogen (secondary N) is 2. The number of methoxy groups -OCH3 is 1. The first kappa shape index (κ1) is 18.5. The molecule has 0 radical (unpaired) electrons. The summed E-state index contributed by atoms with van der Waals surface area (Å²) in [5.41, 5.74) is 1.27. The highest BCUT2D eigenvalue weighted by atomic mass is 35.5. The molecule has 1 heterocycles. The van der Waals surface area contributed by atoms with Gasteiger partial charge >= 0.3 is 0 Å². The Morgan fingerprint density at radius 3 is 2.63 bits per heavy atom. The lowest BCUT2D eigenvalue weighted by atomic mass is 10.3. The van der Waals surface area contributed by atoms with Gasteiger partial charge in [0.1, 0.15) is 17.3 Å². The van der Waals surface area contributed by atoms with Gasteiger partial charge in [0.05, 0.1) is 24.7 Å². The summed E-state index contributed by atoms with van der Waals surface area (Å²) in [6.07, 6.45) is 1.56. The fourth-order valence-electron chi connectivity index (χ4n) is 2.32. The fraction of sp³-hybridized carbons (Fsp3) is 0.100. The molecule has 1 amide bonds. The molecular weight excluding hydrogens is 366 g/mol. The van der Waals surface area contributed by atoms with Gasteiger partial charge in [-0.25, -0.2) is 4.98 Å². The Balaban J connectivity index is 1.57. The highest BCUT2D eigenvalue weighted by Crippen LogP contribution is 2.30. The molecule has 0 aliphatic rings. The van der Waals surface area contributed by atoms with Gasteiger partial charge in [-0.3, -0.25) is 4.79 Å². The third-order valence-electron chi connectivity index (χ3n) is 3.58. The first-order chi connectivity index (χ1) is 13.1. The Morgan fingerprint density at radius 1 is 1.11 bits per heavy atom. The van der Waals surface area contributed by atoms with Gasteiger partial charge in [0, 0.05) is 5.02 Å². The fourth-order valence-corrected chi connectivity index (χ4v) is 2.49. The molecule has 0 spiro atoms. The van der Waals surface area contributed by atoms with Crippen LogP contribution in [0.5, 0.6) is 11.5 Å². The summed E-state index contributed by atoms with van der Waals surface area (Å²) in [4.78, 5) is 16.3. The second-order valence-corrected chi connectivity index (χ2v) is 5.99. The molecule has 2 N–H and O–H groups in total. The number of hydrogen-bond donors (Lipinski definition) is 2. The van der Waals surface area contributed by atoms with Crippen LogP contribution in [-0.2, 0) is 4.79 Å². The molecule has 3 aromatic rings. The number of carbonyl (C=O) groups excluding carboxylic acids is 1. The van der Waals surface area contributed by atoms with Gasteiger partial charge in [0.2, 0.25) is 0 Å². The topological polar surface area (TPSA) is 72.5 Å². The zero-order chi connectivity index (χ0) is 19.1. The van der Waals surface area contributed by atoms with Crippen molar-refractivity contribution >= 4 is 34.7 Å². The lowest BCUT2D eigenvalue weighted by molar-refractivity contribution is -0.118. The number of aromatic nitrogens is 1. The molecule has 0 unspecified atom stereocenters. The van der Waals surface area contributed by atoms with Crippen LogP contribution in [0.1, 0.15) is 0 Å². The van der Waals surface area contributed by atoms with Gasteiger partial charge in [-0.05, 0) is 42.5 Å². The SMILES string of the molecule is COc1ccc(Cl)cc1Nc1ccc(NC(=O)COc2ccccc2)cn1. The van der Waals surface area contributed by atoms with Gasteiger partial charge in [0.15, 0.2) is 6.61 Å². The Labute approximate surface area is 162 Å². The molecule has 0 bridgehead atoms. The molecule has 6 nitrogen and oxygen atoms in total. The minimum atomic E-state index is -0.266. The van der Waals surface area contributed by atoms with Gasteiger partial charge in [0.25, 0.3) is 5.91 Å². The predicted molar refractivity (Wildman–Crippen MR) is 106 cm³/mol. The molecule has 27 heavy (non-hydrogen) atoms. The zero-order valence-corrected chi connectivity index (χ0v) is 15.4. The van der Waals surface area contributed by atoms with Crippen LogP contribution in [0.25, 0.3) is 0 Å². The number of rotatable bonds is 7. The lowest BCUT2D eigenvalue weighted by Gasteiger charge is -2.11. The minimum absolute atomic E-state index is 0.0796. The van der Waals surface area contributed by atoms with Crippen molar-refractivity contribution in [2.45, 2.75) is 0 Å². The molecule has 0 saturated heterocycles. The maximum Gasteiger partial charge on any atom is 0.262 e. The number of ether oxygens (including phenoxy) is 2. The minimum Gasteiger partial charge on any atom is -0.495 e. The van der Waals surface area contributed by atoms with Gasteiger partial charge in [-0.2, -0.15) is 0 Å². The van der Waals surface area contributed by atoms with Gasteiger partial charge in [-0.1, -0.05) is 29.8 Å². The third-order valence-corrected chi connectivity index (χ3v) is 3.82. The van der Waals surface area contributed by atoms with E-state index in [1.165, 1.54) is 0 Å².